The monoisotopic (exact) mass is 266 g/mol. The lowest BCUT2D eigenvalue weighted by Gasteiger charge is -2.09. The van der Waals surface area contributed by atoms with E-state index in [0.29, 0.717) is 11.6 Å². The Kier molecular flexibility index (Phi) is 3.42. The molecule has 0 bridgehead atoms. The molecule has 102 valence electrons. The van der Waals surface area contributed by atoms with E-state index in [1.165, 1.54) is 12.8 Å². The number of carbonyl (C=O) groups is 1. The maximum absolute atomic E-state index is 12.2. The molecule has 3 heteroatoms. The minimum Gasteiger partial charge on any atom is -0.382 e. The van der Waals surface area contributed by atoms with Crippen molar-refractivity contribution in [3.8, 4) is 0 Å². The molecule has 3 nitrogen and oxygen atoms in total. The van der Waals surface area contributed by atoms with Crippen LogP contribution in [0, 0.1) is 6.92 Å². The van der Waals surface area contributed by atoms with Gasteiger partial charge in [-0.25, -0.2) is 0 Å². The molecule has 1 amide bonds. The minimum atomic E-state index is -0.0639. The van der Waals surface area contributed by atoms with E-state index in [2.05, 4.69) is 10.6 Å². The summed E-state index contributed by atoms with van der Waals surface area (Å²) in [6, 6.07) is 16.1. The van der Waals surface area contributed by atoms with E-state index < -0.39 is 0 Å². The average molecular weight is 266 g/mol. The maximum atomic E-state index is 12.2. The average Bonchev–Trinajstić information content (AvgIpc) is 3.25. The van der Waals surface area contributed by atoms with E-state index >= 15 is 0 Å². The van der Waals surface area contributed by atoms with Gasteiger partial charge in [-0.2, -0.15) is 0 Å². The van der Waals surface area contributed by atoms with Gasteiger partial charge in [-0.3, -0.25) is 4.79 Å². The molecule has 0 radical (unpaired) electrons. The quantitative estimate of drug-likeness (QED) is 0.883. The molecule has 1 aliphatic carbocycles. The Morgan fingerprint density at radius 3 is 2.30 bits per heavy atom. The van der Waals surface area contributed by atoms with Gasteiger partial charge in [-0.15, -0.1) is 0 Å². The second-order valence-electron chi connectivity index (χ2n) is 5.27. The van der Waals surface area contributed by atoms with E-state index in [9.17, 15) is 4.79 Å². The summed E-state index contributed by atoms with van der Waals surface area (Å²) in [5.74, 6) is -0.0639. The predicted molar refractivity (Wildman–Crippen MR) is 82.2 cm³/mol. The zero-order chi connectivity index (χ0) is 13.9. The van der Waals surface area contributed by atoms with Gasteiger partial charge in [-0.1, -0.05) is 18.2 Å². The van der Waals surface area contributed by atoms with Crippen molar-refractivity contribution in [1.82, 2.24) is 0 Å². The van der Waals surface area contributed by atoms with Gasteiger partial charge in [0.25, 0.3) is 5.91 Å². The standard InChI is InChI=1S/C17H18N2O/c1-12-4-2-3-5-16(12)17(20)19-15-10-8-14(9-11-15)18-13-6-7-13/h2-5,8-11,13,18H,6-7H2,1H3,(H,19,20). The zero-order valence-electron chi connectivity index (χ0n) is 11.5. The molecule has 0 saturated heterocycles. The first kappa shape index (κ1) is 12.7. The Bertz CT molecular complexity index is 615. The zero-order valence-corrected chi connectivity index (χ0v) is 11.5. The number of anilines is 2. The number of rotatable bonds is 4. The molecule has 2 aromatic carbocycles. The summed E-state index contributed by atoms with van der Waals surface area (Å²) < 4.78 is 0. The third-order valence-corrected chi connectivity index (χ3v) is 3.48. The fraction of sp³-hybridized carbons (Fsp3) is 0.235. The number of amides is 1. The van der Waals surface area contributed by atoms with Gasteiger partial charge in [0.15, 0.2) is 0 Å². The molecule has 0 aromatic heterocycles. The molecule has 1 fully saturated rings. The largest absolute Gasteiger partial charge is 0.382 e. The fourth-order valence-corrected chi connectivity index (χ4v) is 2.14. The molecule has 0 unspecified atom stereocenters. The highest BCUT2D eigenvalue weighted by Crippen LogP contribution is 2.25. The molecule has 0 spiro atoms. The van der Waals surface area contributed by atoms with Crippen molar-refractivity contribution in [3.63, 3.8) is 0 Å². The van der Waals surface area contributed by atoms with Crippen molar-refractivity contribution in [2.45, 2.75) is 25.8 Å². The van der Waals surface area contributed by atoms with E-state index in [-0.39, 0.29) is 5.91 Å². The summed E-state index contributed by atoms with van der Waals surface area (Å²) in [6.07, 6.45) is 2.51. The fourth-order valence-electron chi connectivity index (χ4n) is 2.14. The molecule has 0 atom stereocenters. The molecule has 1 aliphatic rings. The Morgan fingerprint density at radius 1 is 1.00 bits per heavy atom. The lowest BCUT2D eigenvalue weighted by molar-refractivity contribution is 0.102. The molecule has 1 saturated carbocycles. The summed E-state index contributed by atoms with van der Waals surface area (Å²) in [4.78, 5) is 12.2. The topological polar surface area (TPSA) is 41.1 Å². The van der Waals surface area contributed by atoms with Crippen LogP contribution in [0.4, 0.5) is 11.4 Å². The first-order valence-corrected chi connectivity index (χ1v) is 6.96. The Labute approximate surface area is 119 Å². The van der Waals surface area contributed by atoms with Gasteiger partial charge >= 0.3 is 0 Å². The van der Waals surface area contributed by atoms with Crippen LogP contribution in [-0.2, 0) is 0 Å². The van der Waals surface area contributed by atoms with Gasteiger partial charge < -0.3 is 10.6 Å². The first-order chi connectivity index (χ1) is 9.72. The molecule has 2 N–H and O–H groups in total. The molecular weight excluding hydrogens is 248 g/mol. The Hall–Kier alpha value is -2.29. The SMILES string of the molecule is Cc1ccccc1C(=O)Nc1ccc(NC2CC2)cc1. The summed E-state index contributed by atoms with van der Waals surface area (Å²) in [6.45, 7) is 1.94. The number of hydrogen-bond acceptors (Lipinski definition) is 2. The highest BCUT2D eigenvalue weighted by Gasteiger charge is 2.20. The van der Waals surface area contributed by atoms with Crippen LogP contribution in [0.15, 0.2) is 48.5 Å². The number of nitrogens with one attached hydrogen (secondary N) is 2. The normalized spacial score (nSPS) is 13.8. The minimum absolute atomic E-state index is 0.0639. The molecule has 0 heterocycles. The molecular formula is C17H18N2O. The lowest BCUT2D eigenvalue weighted by atomic mass is 10.1. The van der Waals surface area contributed by atoms with Gasteiger partial charge in [0.1, 0.15) is 0 Å². The van der Waals surface area contributed by atoms with Gasteiger partial charge in [-0.05, 0) is 55.7 Å². The molecule has 3 rings (SSSR count). The van der Waals surface area contributed by atoms with Crippen molar-refractivity contribution in [1.29, 1.82) is 0 Å². The third-order valence-electron chi connectivity index (χ3n) is 3.48. The van der Waals surface area contributed by atoms with Crippen molar-refractivity contribution in [3.05, 3.63) is 59.7 Å². The van der Waals surface area contributed by atoms with Crippen LogP contribution in [0.3, 0.4) is 0 Å². The Balaban J connectivity index is 1.67. The van der Waals surface area contributed by atoms with Crippen LogP contribution in [0.1, 0.15) is 28.8 Å². The molecule has 0 aliphatic heterocycles. The summed E-state index contributed by atoms with van der Waals surface area (Å²) in [5.41, 5.74) is 3.63. The maximum Gasteiger partial charge on any atom is 0.255 e. The van der Waals surface area contributed by atoms with E-state index in [1.807, 2.05) is 55.5 Å². The van der Waals surface area contributed by atoms with Crippen LogP contribution >= 0.6 is 0 Å². The summed E-state index contributed by atoms with van der Waals surface area (Å²) in [5, 5.41) is 6.35. The lowest BCUT2D eigenvalue weighted by Crippen LogP contribution is -2.13. The summed E-state index contributed by atoms with van der Waals surface area (Å²) in [7, 11) is 0. The van der Waals surface area contributed by atoms with Crippen molar-refractivity contribution in [2.75, 3.05) is 10.6 Å². The molecule has 2 aromatic rings. The number of carbonyl (C=O) groups excluding carboxylic acids is 1. The van der Waals surface area contributed by atoms with Crippen molar-refractivity contribution >= 4 is 17.3 Å². The summed E-state index contributed by atoms with van der Waals surface area (Å²) >= 11 is 0. The van der Waals surface area contributed by atoms with Gasteiger partial charge in [0, 0.05) is 23.0 Å². The van der Waals surface area contributed by atoms with E-state index in [4.69, 9.17) is 0 Å². The van der Waals surface area contributed by atoms with Crippen LogP contribution < -0.4 is 10.6 Å². The van der Waals surface area contributed by atoms with Gasteiger partial charge in [0.2, 0.25) is 0 Å². The van der Waals surface area contributed by atoms with Crippen LogP contribution in [-0.4, -0.2) is 11.9 Å². The predicted octanol–water partition coefficient (Wildman–Crippen LogP) is 3.82. The second kappa shape index (κ2) is 5.37. The Morgan fingerprint density at radius 2 is 1.65 bits per heavy atom. The second-order valence-corrected chi connectivity index (χ2v) is 5.27. The van der Waals surface area contributed by atoms with Crippen molar-refractivity contribution in [2.24, 2.45) is 0 Å². The number of hydrogen-bond donors (Lipinski definition) is 2. The smallest absolute Gasteiger partial charge is 0.255 e. The van der Waals surface area contributed by atoms with Crippen molar-refractivity contribution < 1.29 is 4.79 Å². The third kappa shape index (κ3) is 2.99. The van der Waals surface area contributed by atoms with E-state index in [1.54, 1.807) is 0 Å². The first-order valence-electron chi connectivity index (χ1n) is 6.96. The highest BCUT2D eigenvalue weighted by molar-refractivity contribution is 6.05. The molecule has 20 heavy (non-hydrogen) atoms. The van der Waals surface area contributed by atoms with Crippen LogP contribution in [0.25, 0.3) is 0 Å². The van der Waals surface area contributed by atoms with Gasteiger partial charge in [0.05, 0.1) is 0 Å². The number of benzene rings is 2. The van der Waals surface area contributed by atoms with E-state index in [0.717, 1.165) is 16.9 Å². The van der Waals surface area contributed by atoms with Crippen LogP contribution in [0.2, 0.25) is 0 Å². The number of aryl methyl sites for hydroxylation is 1. The highest BCUT2D eigenvalue weighted by atomic mass is 16.1. The van der Waals surface area contributed by atoms with Crippen LogP contribution in [0.5, 0.6) is 0 Å².